The van der Waals surface area contributed by atoms with Crippen LogP contribution in [0.15, 0.2) is 47.0 Å². The van der Waals surface area contributed by atoms with Crippen LogP contribution in [0.2, 0.25) is 0 Å². The predicted octanol–water partition coefficient (Wildman–Crippen LogP) is 4.67. The predicted molar refractivity (Wildman–Crippen MR) is 69.6 cm³/mol. The summed E-state index contributed by atoms with van der Waals surface area (Å²) < 4.78 is 1.13. The van der Waals surface area contributed by atoms with Gasteiger partial charge in [-0.15, -0.1) is 0 Å². The van der Waals surface area contributed by atoms with Crippen LogP contribution in [0.3, 0.4) is 0 Å². The largest absolute Gasteiger partial charge is 0.0805 e. The zero-order valence-electron chi connectivity index (χ0n) is 9.07. The van der Waals surface area contributed by atoms with Gasteiger partial charge in [0.1, 0.15) is 0 Å². The fourth-order valence-electron chi connectivity index (χ4n) is 1.76. The van der Waals surface area contributed by atoms with Crippen molar-refractivity contribution in [1.29, 1.82) is 0 Å². The van der Waals surface area contributed by atoms with Gasteiger partial charge in [0.05, 0.1) is 0 Å². The minimum absolute atomic E-state index is 0.633. The van der Waals surface area contributed by atoms with Crippen LogP contribution in [0.5, 0.6) is 0 Å². The lowest BCUT2D eigenvalue weighted by Gasteiger charge is -2.19. The number of halogens is 1. The second-order valence-electron chi connectivity index (χ2n) is 4.21. The van der Waals surface area contributed by atoms with Gasteiger partial charge in [-0.2, -0.15) is 0 Å². The van der Waals surface area contributed by atoms with Crippen molar-refractivity contribution in [3.63, 3.8) is 0 Å². The Labute approximate surface area is 99.8 Å². The molecule has 0 fully saturated rings. The van der Waals surface area contributed by atoms with Crippen molar-refractivity contribution >= 4 is 21.5 Å². The summed E-state index contributed by atoms with van der Waals surface area (Å²) in [5.74, 6) is 1.29. The van der Waals surface area contributed by atoms with Crippen LogP contribution in [0.4, 0.5) is 0 Å². The molecule has 0 saturated heterocycles. The normalized spacial score (nSPS) is 25.1. The summed E-state index contributed by atoms with van der Waals surface area (Å²) in [5.41, 5.74) is 2.64. The van der Waals surface area contributed by atoms with E-state index in [9.17, 15) is 0 Å². The van der Waals surface area contributed by atoms with Crippen molar-refractivity contribution in [3.8, 4) is 0 Å². The van der Waals surface area contributed by atoms with Gasteiger partial charge < -0.3 is 0 Å². The third kappa shape index (κ3) is 2.40. The van der Waals surface area contributed by atoms with E-state index in [2.05, 4.69) is 72.3 Å². The lowest BCUT2D eigenvalue weighted by Crippen LogP contribution is -2.06. The van der Waals surface area contributed by atoms with Crippen molar-refractivity contribution in [2.45, 2.75) is 13.8 Å². The fraction of sp³-hybridized carbons (Fsp3) is 0.286. The van der Waals surface area contributed by atoms with E-state index in [1.54, 1.807) is 0 Å². The van der Waals surface area contributed by atoms with Gasteiger partial charge in [-0.3, -0.25) is 0 Å². The number of hydrogen-bond donors (Lipinski definition) is 0. The Morgan fingerprint density at radius 2 is 1.67 bits per heavy atom. The number of benzene rings is 1. The first-order valence-corrected chi connectivity index (χ1v) is 6.12. The van der Waals surface area contributed by atoms with E-state index in [0.29, 0.717) is 11.8 Å². The Balaban J connectivity index is 2.29. The van der Waals surface area contributed by atoms with Crippen molar-refractivity contribution in [2.24, 2.45) is 11.8 Å². The highest BCUT2D eigenvalue weighted by molar-refractivity contribution is 9.10. The molecule has 0 bridgehead atoms. The van der Waals surface area contributed by atoms with Crippen LogP contribution in [-0.4, -0.2) is 0 Å². The van der Waals surface area contributed by atoms with Crippen LogP contribution >= 0.6 is 15.9 Å². The molecule has 1 heteroatoms. The molecular formula is C14H15Br. The molecular weight excluding hydrogens is 248 g/mol. The first-order valence-electron chi connectivity index (χ1n) is 5.33. The average Bonchev–Trinajstić information content (AvgIpc) is 2.23. The van der Waals surface area contributed by atoms with Crippen molar-refractivity contribution in [1.82, 2.24) is 0 Å². The van der Waals surface area contributed by atoms with Crippen molar-refractivity contribution in [2.75, 3.05) is 0 Å². The third-order valence-electron chi connectivity index (χ3n) is 3.03. The topological polar surface area (TPSA) is 0 Å². The van der Waals surface area contributed by atoms with Gasteiger partial charge >= 0.3 is 0 Å². The molecule has 15 heavy (non-hydrogen) atoms. The van der Waals surface area contributed by atoms with Gasteiger partial charge in [0, 0.05) is 4.47 Å². The molecule has 0 aromatic heterocycles. The standard InChI is InChI=1S/C14H15Br/c1-10-3-4-13(9-11(10)2)12-5-7-14(15)8-6-12/h3-11H,1-2H3. The zero-order chi connectivity index (χ0) is 10.8. The van der Waals surface area contributed by atoms with E-state index in [4.69, 9.17) is 0 Å². The highest BCUT2D eigenvalue weighted by Gasteiger charge is 2.12. The molecule has 1 aliphatic rings. The Bertz CT molecular complexity index is 398. The maximum absolute atomic E-state index is 3.45. The molecule has 1 aromatic rings. The van der Waals surface area contributed by atoms with Crippen LogP contribution in [0, 0.1) is 11.8 Å². The van der Waals surface area contributed by atoms with Gasteiger partial charge in [0.15, 0.2) is 0 Å². The highest BCUT2D eigenvalue weighted by atomic mass is 79.9. The van der Waals surface area contributed by atoms with Crippen LogP contribution < -0.4 is 0 Å². The first-order chi connectivity index (χ1) is 7.16. The van der Waals surface area contributed by atoms with Crippen LogP contribution in [-0.2, 0) is 0 Å². The molecule has 2 atom stereocenters. The summed E-state index contributed by atoms with van der Waals surface area (Å²) in [7, 11) is 0. The molecule has 78 valence electrons. The van der Waals surface area contributed by atoms with E-state index in [1.165, 1.54) is 11.1 Å². The number of rotatable bonds is 1. The van der Waals surface area contributed by atoms with Gasteiger partial charge in [-0.1, -0.05) is 60.1 Å². The van der Waals surface area contributed by atoms with Gasteiger partial charge in [-0.25, -0.2) is 0 Å². The lowest BCUT2D eigenvalue weighted by molar-refractivity contribution is 0.554. The molecule has 0 aliphatic heterocycles. The molecule has 1 aliphatic carbocycles. The maximum Gasteiger partial charge on any atom is 0.0175 e. The molecule has 2 unspecified atom stereocenters. The van der Waals surface area contributed by atoms with E-state index < -0.39 is 0 Å². The van der Waals surface area contributed by atoms with Crippen molar-refractivity contribution in [3.05, 3.63) is 52.5 Å². The van der Waals surface area contributed by atoms with Gasteiger partial charge in [0.2, 0.25) is 0 Å². The summed E-state index contributed by atoms with van der Waals surface area (Å²) in [5, 5.41) is 0. The number of hydrogen-bond acceptors (Lipinski definition) is 0. The summed E-state index contributed by atoms with van der Waals surface area (Å²) in [6.07, 6.45) is 6.88. The van der Waals surface area contributed by atoms with E-state index in [1.807, 2.05) is 0 Å². The molecule has 0 nitrogen and oxygen atoms in total. The zero-order valence-corrected chi connectivity index (χ0v) is 10.7. The Morgan fingerprint density at radius 3 is 2.27 bits per heavy atom. The van der Waals surface area contributed by atoms with Gasteiger partial charge in [-0.05, 0) is 35.1 Å². The Kier molecular flexibility index (Phi) is 3.11. The molecule has 1 aromatic carbocycles. The lowest BCUT2D eigenvalue weighted by atomic mass is 9.86. The van der Waals surface area contributed by atoms with Gasteiger partial charge in [0.25, 0.3) is 0 Å². The quantitative estimate of drug-likeness (QED) is 0.690. The molecule has 0 radical (unpaired) electrons. The maximum atomic E-state index is 3.45. The molecule has 0 amide bonds. The van der Waals surface area contributed by atoms with E-state index in [-0.39, 0.29) is 0 Å². The molecule has 0 spiro atoms. The van der Waals surface area contributed by atoms with E-state index in [0.717, 1.165) is 4.47 Å². The Morgan fingerprint density at radius 1 is 1.00 bits per heavy atom. The highest BCUT2D eigenvalue weighted by Crippen LogP contribution is 2.28. The molecule has 2 rings (SSSR count). The minimum atomic E-state index is 0.633. The monoisotopic (exact) mass is 262 g/mol. The first kappa shape index (κ1) is 10.7. The van der Waals surface area contributed by atoms with Crippen LogP contribution in [0.1, 0.15) is 19.4 Å². The average molecular weight is 263 g/mol. The summed E-state index contributed by atoms with van der Waals surface area (Å²) in [6.45, 7) is 4.53. The number of allylic oxidation sites excluding steroid dienone is 4. The van der Waals surface area contributed by atoms with E-state index >= 15 is 0 Å². The fourth-order valence-corrected chi connectivity index (χ4v) is 2.02. The molecule has 0 N–H and O–H groups in total. The van der Waals surface area contributed by atoms with Crippen molar-refractivity contribution < 1.29 is 0 Å². The molecule has 0 heterocycles. The Hall–Kier alpha value is -0.820. The summed E-state index contributed by atoms with van der Waals surface area (Å²) in [6, 6.07) is 8.49. The minimum Gasteiger partial charge on any atom is -0.0805 e. The smallest absolute Gasteiger partial charge is 0.0175 e. The second-order valence-corrected chi connectivity index (χ2v) is 5.12. The summed E-state index contributed by atoms with van der Waals surface area (Å²) in [4.78, 5) is 0. The molecule has 0 saturated carbocycles. The second kappa shape index (κ2) is 4.36. The SMILES string of the molecule is CC1C=CC(c2ccc(Br)cc2)=CC1C. The third-order valence-corrected chi connectivity index (χ3v) is 3.56. The van der Waals surface area contributed by atoms with Crippen LogP contribution in [0.25, 0.3) is 5.57 Å². The summed E-state index contributed by atoms with van der Waals surface area (Å²) >= 11 is 3.45.